The molecule has 4 fully saturated rings. The Balaban J connectivity index is 1.29. The highest BCUT2D eigenvalue weighted by Crippen LogP contribution is 2.33. The lowest BCUT2D eigenvalue weighted by Gasteiger charge is -2.41. The minimum Gasteiger partial charge on any atom is -0.450 e. The minimum atomic E-state index is -0.179. The molecule has 3 aliphatic heterocycles. The summed E-state index contributed by atoms with van der Waals surface area (Å²) in [6.07, 6.45) is 7.72. The summed E-state index contributed by atoms with van der Waals surface area (Å²) in [7, 11) is 0. The number of fused-ring (bicyclic) bond motifs is 1. The van der Waals surface area contributed by atoms with Gasteiger partial charge in [0.1, 0.15) is 0 Å². The molecule has 26 heavy (non-hydrogen) atoms. The fraction of sp³-hybridized carbons (Fsp3) is 0.895. The van der Waals surface area contributed by atoms with Crippen molar-refractivity contribution in [2.75, 3.05) is 32.8 Å². The van der Waals surface area contributed by atoms with Crippen LogP contribution in [0.5, 0.6) is 0 Å². The average Bonchev–Trinajstić information content (AvgIpc) is 3.26. The molecule has 4 aliphatic rings. The van der Waals surface area contributed by atoms with Crippen molar-refractivity contribution >= 4 is 12.1 Å². The van der Waals surface area contributed by atoms with E-state index in [1.807, 2.05) is 11.8 Å². The lowest BCUT2D eigenvalue weighted by Crippen LogP contribution is -2.52. The molecule has 3 atom stereocenters. The van der Waals surface area contributed by atoms with E-state index in [9.17, 15) is 9.59 Å². The van der Waals surface area contributed by atoms with E-state index in [1.165, 1.54) is 12.8 Å². The topological polar surface area (TPSA) is 65.1 Å². The molecule has 4 rings (SSSR count). The van der Waals surface area contributed by atoms with Crippen molar-refractivity contribution in [2.45, 2.75) is 76.0 Å². The summed E-state index contributed by atoms with van der Waals surface area (Å²) >= 11 is 0. The molecule has 146 valence electrons. The Bertz CT molecular complexity index is 535. The molecule has 0 aromatic heterocycles. The first-order valence-electron chi connectivity index (χ1n) is 10.4. The lowest BCUT2D eigenvalue weighted by molar-refractivity contribution is 0.0796. The van der Waals surface area contributed by atoms with Gasteiger partial charge in [0.2, 0.25) is 0 Å². The van der Waals surface area contributed by atoms with Crippen LogP contribution in [0.25, 0.3) is 0 Å². The zero-order valence-corrected chi connectivity index (χ0v) is 15.9. The number of carbonyl (C=O) groups is 2. The molecule has 1 unspecified atom stereocenters. The second kappa shape index (κ2) is 7.62. The summed E-state index contributed by atoms with van der Waals surface area (Å²) in [5.41, 5.74) is 0. The van der Waals surface area contributed by atoms with Gasteiger partial charge in [0.15, 0.2) is 0 Å². The largest absolute Gasteiger partial charge is 0.450 e. The van der Waals surface area contributed by atoms with Gasteiger partial charge in [-0.05, 0) is 39.0 Å². The van der Waals surface area contributed by atoms with Crippen molar-refractivity contribution in [1.29, 1.82) is 0 Å². The molecule has 0 radical (unpaired) electrons. The van der Waals surface area contributed by atoms with Gasteiger partial charge >= 0.3 is 12.1 Å². The van der Waals surface area contributed by atoms with E-state index in [-0.39, 0.29) is 12.1 Å². The highest BCUT2D eigenvalue weighted by atomic mass is 16.6. The number of carbonyl (C=O) groups excluding carboxylic acids is 2. The quantitative estimate of drug-likeness (QED) is 0.832. The van der Waals surface area contributed by atoms with Crippen molar-refractivity contribution in [1.82, 2.24) is 20.0 Å². The zero-order chi connectivity index (χ0) is 18.1. The van der Waals surface area contributed by atoms with Gasteiger partial charge in [0.05, 0.1) is 18.7 Å². The lowest BCUT2D eigenvalue weighted by atomic mass is 9.89. The van der Waals surface area contributed by atoms with E-state index in [4.69, 9.17) is 4.74 Å². The molecule has 0 aromatic carbocycles. The number of ether oxygens (including phenoxy) is 1. The average molecular weight is 364 g/mol. The summed E-state index contributed by atoms with van der Waals surface area (Å²) in [5.74, 6) is 0. The van der Waals surface area contributed by atoms with Crippen LogP contribution in [-0.2, 0) is 4.74 Å². The van der Waals surface area contributed by atoms with Crippen LogP contribution in [0.2, 0.25) is 0 Å². The number of nitrogens with zero attached hydrogens (tertiary/aromatic N) is 3. The Morgan fingerprint density at radius 1 is 1.08 bits per heavy atom. The summed E-state index contributed by atoms with van der Waals surface area (Å²) in [4.78, 5) is 30.9. The second-order valence-corrected chi connectivity index (χ2v) is 8.17. The number of likely N-dealkylation sites (tertiary alicyclic amines) is 2. The smallest absolute Gasteiger partial charge is 0.409 e. The Morgan fingerprint density at radius 2 is 1.81 bits per heavy atom. The Kier molecular flexibility index (Phi) is 5.25. The molecule has 3 heterocycles. The third kappa shape index (κ3) is 3.38. The highest BCUT2D eigenvalue weighted by molar-refractivity contribution is 5.78. The van der Waals surface area contributed by atoms with Crippen molar-refractivity contribution < 1.29 is 14.3 Å². The minimum absolute atomic E-state index is 0.162. The van der Waals surface area contributed by atoms with Gasteiger partial charge in [-0.1, -0.05) is 12.8 Å². The maximum absolute atomic E-state index is 12.5. The molecule has 3 saturated heterocycles. The van der Waals surface area contributed by atoms with Crippen LogP contribution in [0.4, 0.5) is 9.59 Å². The van der Waals surface area contributed by atoms with Crippen LogP contribution < -0.4 is 5.32 Å². The highest BCUT2D eigenvalue weighted by Gasteiger charge is 2.44. The van der Waals surface area contributed by atoms with Crippen LogP contribution in [0.15, 0.2) is 0 Å². The first-order valence-corrected chi connectivity index (χ1v) is 10.4. The third-order valence-corrected chi connectivity index (χ3v) is 6.73. The zero-order valence-electron chi connectivity index (χ0n) is 15.9. The van der Waals surface area contributed by atoms with Gasteiger partial charge in [0.25, 0.3) is 0 Å². The molecule has 1 saturated carbocycles. The molecular formula is C19H32N4O3. The van der Waals surface area contributed by atoms with Gasteiger partial charge in [0, 0.05) is 38.3 Å². The molecule has 7 heteroatoms. The van der Waals surface area contributed by atoms with Gasteiger partial charge in [-0.15, -0.1) is 0 Å². The van der Waals surface area contributed by atoms with Crippen LogP contribution in [-0.4, -0.2) is 83.8 Å². The standard InChI is InChI=1S/C19H32N4O3/c1-2-26-19(25)22-12-9-15(13-22)21-10-7-14(8-11-21)23-17-6-4-3-5-16(17)20-18(23)24/h14-17H,2-13H2,1H3,(H,20,24)/t15?,16-,17-/m1/s1. The number of hydrogen-bond acceptors (Lipinski definition) is 4. The molecule has 0 aromatic rings. The van der Waals surface area contributed by atoms with Gasteiger partial charge in [-0.3, -0.25) is 4.90 Å². The maximum Gasteiger partial charge on any atom is 0.409 e. The number of urea groups is 1. The molecule has 0 spiro atoms. The fourth-order valence-corrected chi connectivity index (χ4v) is 5.38. The first-order chi connectivity index (χ1) is 12.7. The maximum atomic E-state index is 12.5. The third-order valence-electron chi connectivity index (χ3n) is 6.73. The Labute approximate surface area is 156 Å². The molecule has 1 aliphatic carbocycles. The molecule has 7 nitrogen and oxygen atoms in total. The van der Waals surface area contributed by atoms with E-state index in [2.05, 4.69) is 15.1 Å². The summed E-state index contributed by atoms with van der Waals surface area (Å²) < 4.78 is 5.13. The van der Waals surface area contributed by atoms with Crippen molar-refractivity contribution in [2.24, 2.45) is 0 Å². The van der Waals surface area contributed by atoms with Crippen LogP contribution >= 0.6 is 0 Å². The summed E-state index contributed by atoms with van der Waals surface area (Å²) in [6.45, 7) is 5.90. The first kappa shape index (κ1) is 17.9. The predicted molar refractivity (Wildman–Crippen MR) is 98.0 cm³/mol. The molecule has 1 N–H and O–H groups in total. The van der Waals surface area contributed by atoms with Gasteiger partial charge < -0.3 is 19.9 Å². The van der Waals surface area contributed by atoms with E-state index >= 15 is 0 Å². The Morgan fingerprint density at radius 3 is 2.58 bits per heavy atom. The summed E-state index contributed by atoms with van der Waals surface area (Å²) in [5, 5.41) is 3.22. The fourth-order valence-electron chi connectivity index (χ4n) is 5.38. The van der Waals surface area contributed by atoms with Crippen LogP contribution in [0, 0.1) is 0 Å². The van der Waals surface area contributed by atoms with Crippen molar-refractivity contribution in [3.8, 4) is 0 Å². The second-order valence-electron chi connectivity index (χ2n) is 8.17. The van der Waals surface area contributed by atoms with Gasteiger partial charge in [-0.2, -0.15) is 0 Å². The SMILES string of the molecule is CCOC(=O)N1CCC(N2CCC(N3C(=O)N[C@@H]4CCCC[C@H]43)CC2)C1. The van der Waals surface area contributed by atoms with Crippen LogP contribution in [0.3, 0.4) is 0 Å². The van der Waals surface area contributed by atoms with E-state index in [0.717, 1.165) is 58.3 Å². The number of rotatable bonds is 3. The van der Waals surface area contributed by atoms with E-state index in [1.54, 1.807) is 0 Å². The molecule has 3 amide bonds. The van der Waals surface area contributed by atoms with E-state index < -0.39 is 0 Å². The summed E-state index contributed by atoms with van der Waals surface area (Å²) in [6, 6.07) is 1.77. The molecule has 0 bridgehead atoms. The van der Waals surface area contributed by atoms with Crippen molar-refractivity contribution in [3.63, 3.8) is 0 Å². The van der Waals surface area contributed by atoms with E-state index in [0.29, 0.717) is 30.8 Å². The monoisotopic (exact) mass is 364 g/mol. The van der Waals surface area contributed by atoms with Crippen LogP contribution in [0.1, 0.15) is 51.9 Å². The predicted octanol–water partition coefficient (Wildman–Crippen LogP) is 2.02. The number of piperidine rings is 1. The van der Waals surface area contributed by atoms with Crippen molar-refractivity contribution in [3.05, 3.63) is 0 Å². The molecular weight excluding hydrogens is 332 g/mol. The number of amides is 3. The normalized spacial score (nSPS) is 33.3. The number of hydrogen-bond donors (Lipinski definition) is 1. The van der Waals surface area contributed by atoms with Gasteiger partial charge in [-0.25, -0.2) is 9.59 Å². The number of nitrogens with one attached hydrogen (secondary N) is 1. The Hall–Kier alpha value is -1.50.